The number of hydrogen-bond acceptors (Lipinski definition) is 2. The molecule has 12 heavy (non-hydrogen) atoms. The maximum atomic E-state index is 10.7. The normalized spacial score (nSPS) is 21.9. The van der Waals surface area contributed by atoms with Gasteiger partial charge in [0.15, 0.2) is 0 Å². The molecule has 1 aliphatic rings. The Balaban J connectivity index is 2.43. The second-order valence-corrected chi connectivity index (χ2v) is 3.37. The minimum atomic E-state index is 0.0891. The fourth-order valence-corrected chi connectivity index (χ4v) is 1.87. The Morgan fingerprint density at radius 2 is 2.50 bits per heavy atom. The molecule has 1 heterocycles. The third-order valence-electron chi connectivity index (χ3n) is 2.45. The summed E-state index contributed by atoms with van der Waals surface area (Å²) >= 11 is 0. The van der Waals surface area contributed by atoms with E-state index in [-0.39, 0.29) is 5.92 Å². The van der Waals surface area contributed by atoms with E-state index in [0.717, 1.165) is 42.6 Å². The van der Waals surface area contributed by atoms with Crippen LogP contribution in [0.15, 0.2) is 10.5 Å². The van der Waals surface area contributed by atoms with Crippen LogP contribution in [0.2, 0.25) is 0 Å². The Morgan fingerprint density at radius 1 is 1.67 bits per heavy atom. The predicted octanol–water partition coefficient (Wildman–Crippen LogP) is 2.21. The van der Waals surface area contributed by atoms with Gasteiger partial charge in [-0.3, -0.25) is 0 Å². The molecular weight excluding hydrogens is 152 g/mol. The first-order chi connectivity index (χ1) is 5.81. The highest BCUT2D eigenvalue weighted by molar-refractivity contribution is 5.63. The lowest BCUT2D eigenvalue weighted by Gasteiger charge is -2.15. The van der Waals surface area contributed by atoms with E-state index in [1.165, 1.54) is 0 Å². The Hall–Kier alpha value is -1.05. The third kappa shape index (κ3) is 1.07. The highest BCUT2D eigenvalue weighted by Gasteiger charge is 2.22. The van der Waals surface area contributed by atoms with E-state index >= 15 is 0 Å². The van der Waals surface area contributed by atoms with Crippen molar-refractivity contribution in [1.29, 1.82) is 0 Å². The van der Waals surface area contributed by atoms with Crippen molar-refractivity contribution in [2.24, 2.45) is 0 Å². The van der Waals surface area contributed by atoms with Crippen molar-refractivity contribution < 1.29 is 9.21 Å². The van der Waals surface area contributed by atoms with Crippen LogP contribution in [0.3, 0.4) is 0 Å². The molecule has 0 radical (unpaired) electrons. The fraction of sp³-hybridized carbons (Fsp3) is 0.500. The van der Waals surface area contributed by atoms with Crippen LogP contribution in [-0.2, 0) is 11.2 Å². The zero-order valence-electron chi connectivity index (χ0n) is 7.17. The monoisotopic (exact) mass is 164 g/mol. The summed E-state index contributed by atoms with van der Waals surface area (Å²) in [7, 11) is 0. The van der Waals surface area contributed by atoms with Gasteiger partial charge in [0.2, 0.25) is 0 Å². The van der Waals surface area contributed by atoms with E-state index in [2.05, 4.69) is 0 Å². The first kappa shape index (κ1) is 7.59. The summed E-state index contributed by atoms with van der Waals surface area (Å²) < 4.78 is 5.48. The quantitative estimate of drug-likeness (QED) is 0.595. The summed E-state index contributed by atoms with van der Waals surface area (Å²) in [5.74, 6) is 2.04. The Kier molecular flexibility index (Phi) is 1.75. The van der Waals surface area contributed by atoms with Crippen molar-refractivity contribution in [3.05, 3.63) is 23.2 Å². The molecule has 2 heteroatoms. The molecule has 2 nitrogen and oxygen atoms in total. The Labute approximate surface area is 71.6 Å². The number of aryl methyl sites for hydroxylation is 2. The van der Waals surface area contributed by atoms with Gasteiger partial charge in [0.05, 0.1) is 0 Å². The molecule has 1 aromatic rings. The molecule has 1 aromatic heterocycles. The van der Waals surface area contributed by atoms with Crippen LogP contribution < -0.4 is 0 Å². The molecule has 0 saturated heterocycles. The van der Waals surface area contributed by atoms with E-state index in [0.29, 0.717) is 0 Å². The number of hydrogen-bond donors (Lipinski definition) is 0. The molecule has 0 spiro atoms. The topological polar surface area (TPSA) is 30.2 Å². The molecule has 1 aliphatic carbocycles. The molecular formula is C10H12O2. The van der Waals surface area contributed by atoms with Crippen LogP contribution in [0.25, 0.3) is 0 Å². The van der Waals surface area contributed by atoms with Gasteiger partial charge in [0.1, 0.15) is 17.8 Å². The number of furan rings is 1. The molecule has 0 bridgehead atoms. The first-order valence-corrected chi connectivity index (χ1v) is 4.36. The molecule has 2 rings (SSSR count). The zero-order valence-corrected chi connectivity index (χ0v) is 7.17. The van der Waals surface area contributed by atoms with Crippen molar-refractivity contribution in [3.8, 4) is 0 Å². The van der Waals surface area contributed by atoms with Crippen molar-refractivity contribution >= 4 is 6.29 Å². The predicted molar refractivity (Wildman–Crippen MR) is 45.2 cm³/mol. The second-order valence-electron chi connectivity index (χ2n) is 3.37. The van der Waals surface area contributed by atoms with Crippen LogP contribution >= 0.6 is 0 Å². The molecule has 0 aliphatic heterocycles. The average molecular weight is 164 g/mol. The summed E-state index contributed by atoms with van der Waals surface area (Å²) in [5, 5.41) is 0. The molecule has 1 unspecified atom stereocenters. The average Bonchev–Trinajstić information content (AvgIpc) is 2.44. The highest BCUT2D eigenvalue weighted by Crippen LogP contribution is 2.32. The summed E-state index contributed by atoms with van der Waals surface area (Å²) in [5.41, 5.74) is 1.12. The minimum absolute atomic E-state index is 0.0891. The molecule has 64 valence electrons. The number of rotatable bonds is 1. The van der Waals surface area contributed by atoms with Crippen LogP contribution in [0.1, 0.15) is 35.8 Å². The van der Waals surface area contributed by atoms with Gasteiger partial charge >= 0.3 is 0 Å². The van der Waals surface area contributed by atoms with Gasteiger partial charge in [-0.05, 0) is 25.8 Å². The van der Waals surface area contributed by atoms with Gasteiger partial charge in [-0.2, -0.15) is 0 Å². The summed E-state index contributed by atoms with van der Waals surface area (Å²) in [6.45, 7) is 1.93. The van der Waals surface area contributed by atoms with Crippen LogP contribution in [-0.4, -0.2) is 6.29 Å². The second kappa shape index (κ2) is 2.77. The number of aldehydes is 1. The van der Waals surface area contributed by atoms with Gasteiger partial charge < -0.3 is 9.21 Å². The lowest BCUT2D eigenvalue weighted by Crippen LogP contribution is -2.07. The van der Waals surface area contributed by atoms with E-state index < -0.39 is 0 Å². The van der Waals surface area contributed by atoms with Crippen molar-refractivity contribution in [2.45, 2.75) is 32.1 Å². The van der Waals surface area contributed by atoms with Crippen LogP contribution in [0.4, 0.5) is 0 Å². The lowest BCUT2D eigenvalue weighted by molar-refractivity contribution is -0.109. The van der Waals surface area contributed by atoms with Crippen molar-refractivity contribution in [2.75, 3.05) is 0 Å². The zero-order chi connectivity index (χ0) is 8.55. The largest absolute Gasteiger partial charge is 0.466 e. The van der Waals surface area contributed by atoms with Crippen LogP contribution in [0.5, 0.6) is 0 Å². The smallest absolute Gasteiger partial charge is 0.127 e. The van der Waals surface area contributed by atoms with Gasteiger partial charge in [-0.15, -0.1) is 0 Å². The first-order valence-electron chi connectivity index (χ1n) is 4.36. The number of fused-ring (bicyclic) bond motifs is 1. The Bertz CT molecular complexity index is 299. The van der Waals surface area contributed by atoms with E-state index in [1.54, 1.807) is 0 Å². The summed E-state index contributed by atoms with van der Waals surface area (Å²) in [4.78, 5) is 10.7. The van der Waals surface area contributed by atoms with E-state index in [1.807, 2.05) is 13.0 Å². The summed E-state index contributed by atoms with van der Waals surface area (Å²) in [6, 6.07) is 1.99. The molecule has 1 atom stereocenters. The number of carbonyl (C=O) groups excluding carboxylic acids is 1. The van der Waals surface area contributed by atoms with Crippen molar-refractivity contribution in [1.82, 2.24) is 0 Å². The SMILES string of the molecule is Cc1cc2c(o1)CCCC2C=O. The van der Waals surface area contributed by atoms with Gasteiger partial charge in [-0.1, -0.05) is 0 Å². The van der Waals surface area contributed by atoms with Gasteiger partial charge in [0, 0.05) is 17.9 Å². The van der Waals surface area contributed by atoms with E-state index in [4.69, 9.17) is 4.42 Å². The highest BCUT2D eigenvalue weighted by atomic mass is 16.3. The third-order valence-corrected chi connectivity index (χ3v) is 2.45. The van der Waals surface area contributed by atoms with Crippen molar-refractivity contribution in [3.63, 3.8) is 0 Å². The molecule has 0 N–H and O–H groups in total. The molecule has 0 amide bonds. The van der Waals surface area contributed by atoms with Gasteiger partial charge in [0.25, 0.3) is 0 Å². The molecule has 0 saturated carbocycles. The molecule has 0 fully saturated rings. The maximum Gasteiger partial charge on any atom is 0.127 e. The minimum Gasteiger partial charge on any atom is -0.466 e. The lowest BCUT2D eigenvalue weighted by atomic mass is 9.88. The fourth-order valence-electron chi connectivity index (χ4n) is 1.87. The number of carbonyl (C=O) groups is 1. The standard InChI is InChI=1S/C10H12O2/c1-7-5-9-8(6-11)3-2-4-10(9)12-7/h5-6,8H,2-4H2,1H3. The summed E-state index contributed by atoms with van der Waals surface area (Å²) in [6.07, 6.45) is 4.08. The van der Waals surface area contributed by atoms with Crippen LogP contribution in [0, 0.1) is 6.92 Å². The Morgan fingerprint density at radius 3 is 3.25 bits per heavy atom. The molecule has 0 aromatic carbocycles. The van der Waals surface area contributed by atoms with E-state index in [9.17, 15) is 4.79 Å². The van der Waals surface area contributed by atoms with Gasteiger partial charge in [-0.25, -0.2) is 0 Å². The maximum absolute atomic E-state index is 10.7.